The van der Waals surface area contributed by atoms with Gasteiger partial charge in [0.15, 0.2) is 5.60 Å². The molecule has 2 aromatic carbocycles. The van der Waals surface area contributed by atoms with Crippen LogP contribution in [-0.2, 0) is 26.5 Å². The molecule has 2 saturated heterocycles. The normalized spacial score (nSPS) is 21.8. The summed E-state index contributed by atoms with van der Waals surface area (Å²) >= 11 is 0. The lowest BCUT2D eigenvalue weighted by molar-refractivity contribution is -0.159. The molecule has 39 heavy (non-hydrogen) atoms. The van der Waals surface area contributed by atoms with Crippen molar-refractivity contribution in [3.63, 3.8) is 0 Å². The van der Waals surface area contributed by atoms with Gasteiger partial charge in [-0.3, -0.25) is 9.59 Å². The fourth-order valence-corrected chi connectivity index (χ4v) is 6.45. The maximum absolute atomic E-state index is 14.0. The van der Waals surface area contributed by atoms with E-state index in [1.54, 1.807) is 0 Å². The van der Waals surface area contributed by atoms with E-state index < -0.39 is 5.60 Å². The van der Waals surface area contributed by atoms with Crippen molar-refractivity contribution >= 4 is 11.8 Å². The molecule has 3 aliphatic rings. The molecule has 2 fully saturated rings. The van der Waals surface area contributed by atoms with Crippen molar-refractivity contribution in [3.8, 4) is 11.4 Å². The Bertz CT molecular complexity index is 1330. The van der Waals surface area contributed by atoms with Crippen molar-refractivity contribution in [2.24, 2.45) is 5.41 Å². The quantitative estimate of drug-likeness (QED) is 0.427. The van der Waals surface area contributed by atoms with Crippen LogP contribution in [0.25, 0.3) is 5.69 Å². The number of benzene rings is 2. The predicted octanol–water partition coefficient (Wildman–Crippen LogP) is 4.92. The van der Waals surface area contributed by atoms with E-state index in [1.807, 2.05) is 77.5 Å². The van der Waals surface area contributed by atoms with E-state index in [0.717, 1.165) is 68.1 Å². The highest BCUT2D eigenvalue weighted by atomic mass is 16.5. The minimum Gasteiger partial charge on any atom is -0.494 e. The van der Waals surface area contributed by atoms with Crippen molar-refractivity contribution in [2.75, 3.05) is 32.8 Å². The standard InChI is InChI=1S/C32H37N3O4/c1-31(28-13-7-18-35(28)27-12-6-5-9-25(27)23-39-31)30(37)34-21-17-32(24-34)15-19-33(20-16-32)29(36)14-8-22-38-26-10-3-2-4-11-26/h2-7,9-13,18H,8,14-17,19-24H2,1H3. The van der Waals surface area contributed by atoms with Crippen molar-refractivity contribution in [1.29, 1.82) is 0 Å². The molecule has 1 unspecified atom stereocenters. The van der Waals surface area contributed by atoms with E-state index in [0.29, 0.717) is 26.1 Å². The number of fused-ring (bicyclic) bond motifs is 3. The number of hydrogen-bond acceptors (Lipinski definition) is 4. The lowest BCUT2D eigenvalue weighted by Crippen LogP contribution is -2.48. The lowest BCUT2D eigenvalue weighted by atomic mass is 9.77. The molecule has 0 bridgehead atoms. The maximum Gasteiger partial charge on any atom is 0.260 e. The first-order valence-electron chi connectivity index (χ1n) is 14.1. The predicted molar refractivity (Wildman–Crippen MR) is 149 cm³/mol. The molecule has 1 aromatic heterocycles. The maximum atomic E-state index is 14.0. The van der Waals surface area contributed by atoms with E-state index in [1.165, 1.54) is 0 Å². The number of nitrogens with zero attached hydrogens (tertiary/aromatic N) is 3. The minimum absolute atomic E-state index is 0.0315. The zero-order chi connectivity index (χ0) is 26.9. The second kappa shape index (κ2) is 10.5. The molecule has 1 atom stereocenters. The van der Waals surface area contributed by atoms with Crippen LogP contribution in [0.15, 0.2) is 72.9 Å². The van der Waals surface area contributed by atoms with Gasteiger partial charge in [-0.25, -0.2) is 0 Å². The molecule has 3 aliphatic heterocycles. The highest BCUT2D eigenvalue weighted by Crippen LogP contribution is 2.43. The Morgan fingerprint density at radius 3 is 2.41 bits per heavy atom. The summed E-state index contributed by atoms with van der Waals surface area (Å²) in [5.41, 5.74) is 2.04. The number of amides is 2. The number of hydrogen-bond donors (Lipinski definition) is 0. The third-order valence-corrected chi connectivity index (χ3v) is 8.86. The van der Waals surface area contributed by atoms with E-state index in [9.17, 15) is 9.59 Å². The largest absolute Gasteiger partial charge is 0.494 e. The van der Waals surface area contributed by atoms with Crippen molar-refractivity contribution in [2.45, 2.75) is 51.2 Å². The Morgan fingerprint density at radius 2 is 1.62 bits per heavy atom. The van der Waals surface area contributed by atoms with Gasteiger partial charge in [0.2, 0.25) is 5.91 Å². The molecule has 7 heteroatoms. The SMILES string of the molecule is CC1(C(=O)N2CCC3(CCN(C(=O)CCCOc4ccccc4)CC3)C2)OCc2ccccc2-n2cccc21. The fourth-order valence-electron chi connectivity index (χ4n) is 6.45. The topological polar surface area (TPSA) is 64.0 Å². The summed E-state index contributed by atoms with van der Waals surface area (Å²) < 4.78 is 14.2. The van der Waals surface area contributed by atoms with Crippen LogP contribution in [0.5, 0.6) is 5.75 Å². The van der Waals surface area contributed by atoms with Crippen LogP contribution in [0, 0.1) is 5.41 Å². The van der Waals surface area contributed by atoms with E-state index in [-0.39, 0.29) is 17.2 Å². The number of likely N-dealkylation sites (tertiary alicyclic amines) is 2. The third-order valence-electron chi connectivity index (χ3n) is 8.86. The Morgan fingerprint density at radius 1 is 0.897 bits per heavy atom. The van der Waals surface area contributed by atoms with Crippen LogP contribution >= 0.6 is 0 Å². The van der Waals surface area contributed by atoms with Crippen LogP contribution in [0.3, 0.4) is 0 Å². The van der Waals surface area contributed by atoms with Crippen LogP contribution in [-0.4, -0.2) is 59.0 Å². The van der Waals surface area contributed by atoms with Crippen molar-refractivity contribution in [1.82, 2.24) is 14.4 Å². The lowest BCUT2D eigenvalue weighted by Gasteiger charge is -2.40. The first-order chi connectivity index (χ1) is 19.0. The average Bonchev–Trinajstić information content (AvgIpc) is 3.61. The zero-order valence-electron chi connectivity index (χ0n) is 22.7. The Kier molecular flexibility index (Phi) is 6.94. The molecular weight excluding hydrogens is 490 g/mol. The smallest absolute Gasteiger partial charge is 0.260 e. The summed E-state index contributed by atoms with van der Waals surface area (Å²) in [6.07, 6.45) is 6.07. The second-order valence-electron chi connectivity index (χ2n) is 11.3. The highest BCUT2D eigenvalue weighted by molar-refractivity contribution is 5.86. The number of piperidine rings is 1. The summed E-state index contributed by atoms with van der Waals surface area (Å²) in [4.78, 5) is 30.9. The third kappa shape index (κ3) is 4.96. The molecule has 0 saturated carbocycles. The first-order valence-corrected chi connectivity index (χ1v) is 14.1. The number of para-hydroxylation sites is 2. The molecular formula is C32H37N3O4. The summed E-state index contributed by atoms with van der Waals surface area (Å²) in [7, 11) is 0. The molecule has 204 valence electrons. The van der Waals surface area contributed by atoms with Gasteiger partial charge in [-0.15, -0.1) is 0 Å². The number of rotatable bonds is 6. The number of carbonyl (C=O) groups is 2. The molecule has 0 radical (unpaired) electrons. The Hall–Kier alpha value is -3.58. The molecule has 1 spiro atoms. The van der Waals surface area contributed by atoms with E-state index in [4.69, 9.17) is 9.47 Å². The number of ether oxygens (including phenoxy) is 2. The molecule has 2 amide bonds. The van der Waals surface area contributed by atoms with Crippen LogP contribution in [0.2, 0.25) is 0 Å². The van der Waals surface area contributed by atoms with Gasteiger partial charge in [0.1, 0.15) is 5.75 Å². The van der Waals surface area contributed by atoms with E-state index >= 15 is 0 Å². The Balaban J connectivity index is 1.04. The van der Waals surface area contributed by atoms with Gasteiger partial charge in [0.25, 0.3) is 5.91 Å². The van der Waals surface area contributed by atoms with Crippen molar-refractivity contribution in [3.05, 3.63) is 84.2 Å². The van der Waals surface area contributed by atoms with Crippen LogP contribution in [0.4, 0.5) is 0 Å². The Labute approximate surface area is 230 Å². The number of aromatic nitrogens is 1. The number of carbonyl (C=O) groups excluding carboxylic acids is 2. The monoisotopic (exact) mass is 527 g/mol. The van der Waals surface area contributed by atoms with Gasteiger partial charge >= 0.3 is 0 Å². The molecule has 0 N–H and O–H groups in total. The first kappa shape index (κ1) is 25.7. The van der Waals surface area contributed by atoms with Gasteiger partial charge in [-0.05, 0) is 68.4 Å². The van der Waals surface area contributed by atoms with Gasteiger partial charge in [-0.2, -0.15) is 0 Å². The molecule has 6 rings (SSSR count). The van der Waals surface area contributed by atoms with E-state index in [2.05, 4.69) is 16.7 Å². The molecule has 4 heterocycles. The summed E-state index contributed by atoms with van der Waals surface area (Å²) in [6, 6.07) is 21.9. The average molecular weight is 528 g/mol. The van der Waals surface area contributed by atoms with Crippen molar-refractivity contribution < 1.29 is 19.1 Å². The highest BCUT2D eigenvalue weighted by Gasteiger charge is 2.49. The fraction of sp³-hybridized carbons (Fsp3) is 0.438. The summed E-state index contributed by atoms with van der Waals surface area (Å²) in [5.74, 6) is 1.07. The summed E-state index contributed by atoms with van der Waals surface area (Å²) in [5, 5.41) is 0. The van der Waals surface area contributed by atoms with Crippen LogP contribution < -0.4 is 4.74 Å². The summed E-state index contributed by atoms with van der Waals surface area (Å²) in [6.45, 7) is 5.83. The second-order valence-corrected chi connectivity index (χ2v) is 11.3. The van der Waals surface area contributed by atoms with Gasteiger partial charge in [0.05, 0.1) is 24.6 Å². The van der Waals surface area contributed by atoms with Gasteiger partial charge < -0.3 is 23.8 Å². The van der Waals surface area contributed by atoms with Gasteiger partial charge in [-0.1, -0.05) is 36.4 Å². The minimum atomic E-state index is -1.05. The molecule has 7 nitrogen and oxygen atoms in total. The van der Waals surface area contributed by atoms with Gasteiger partial charge in [0, 0.05) is 44.4 Å². The zero-order valence-corrected chi connectivity index (χ0v) is 22.7. The van der Waals surface area contributed by atoms with Crippen LogP contribution in [0.1, 0.15) is 50.3 Å². The molecule has 0 aliphatic carbocycles. The molecule has 3 aromatic rings.